The molecule has 2 aromatic rings. The number of nitrogens with zero attached hydrogens (tertiary/aromatic N) is 3. The molecule has 0 aliphatic carbocycles. The highest BCUT2D eigenvalue weighted by Gasteiger charge is 2.35. The number of likely N-dealkylation sites (tertiary alicyclic amines) is 1. The lowest BCUT2D eigenvalue weighted by Crippen LogP contribution is -2.50. The third-order valence-electron chi connectivity index (χ3n) is 6.67. The van der Waals surface area contributed by atoms with Crippen LogP contribution >= 0.6 is 24.8 Å². The molecule has 2 aliphatic rings. The van der Waals surface area contributed by atoms with Crippen molar-refractivity contribution in [3.63, 3.8) is 0 Å². The number of hydrogen-bond donors (Lipinski definition) is 2. The molecule has 1 saturated heterocycles. The fraction of sp³-hybridized carbons (Fsp3) is 0.462. The minimum atomic E-state index is -0.276. The van der Waals surface area contributed by atoms with E-state index in [1.807, 2.05) is 61.2 Å². The number of para-hydroxylation sites is 1. The number of aliphatic hydroxyl groups is 1. The summed E-state index contributed by atoms with van der Waals surface area (Å²) in [6.07, 6.45) is 1.31. The SMILES string of the molecule is CCN(CCO)c1ccc(NC(=O)CN2CCC(N3C(=O)OCc4cccc(C)c43)CC2)cc1.Cl.Cl. The predicted octanol–water partition coefficient (Wildman–Crippen LogP) is 4.22. The van der Waals surface area contributed by atoms with E-state index in [1.165, 1.54) is 0 Å². The molecule has 198 valence electrons. The Hall–Kier alpha value is -2.52. The molecule has 0 radical (unpaired) electrons. The van der Waals surface area contributed by atoms with Crippen molar-refractivity contribution >= 4 is 53.9 Å². The molecule has 10 heteroatoms. The number of likely N-dealkylation sites (N-methyl/N-ethyl adjacent to an activating group) is 1. The lowest BCUT2D eigenvalue weighted by Gasteiger charge is -2.40. The van der Waals surface area contributed by atoms with E-state index in [0.717, 1.165) is 60.7 Å². The molecule has 2 N–H and O–H groups in total. The standard InChI is InChI=1S/C26H34N4O4.2ClH/c1-3-29(15-16-31)22-9-7-21(8-10-22)27-24(32)17-28-13-11-23(12-14-28)30-25-19(2)5-4-6-20(25)18-34-26(30)33;;/h4-10,23,31H,3,11-18H2,1-2H3,(H,27,32);2*1H. The van der Waals surface area contributed by atoms with Gasteiger partial charge in [0.2, 0.25) is 5.91 Å². The Labute approximate surface area is 225 Å². The van der Waals surface area contributed by atoms with E-state index in [0.29, 0.717) is 19.7 Å². The second-order valence-electron chi connectivity index (χ2n) is 8.91. The molecule has 0 saturated carbocycles. The molecule has 0 atom stereocenters. The smallest absolute Gasteiger partial charge is 0.414 e. The van der Waals surface area contributed by atoms with Crippen LogP contribution in [0.15, 0.2) is 42.5 Å². The van der Waals surface area contributed by atoms with Gasteiger partial charge in [-0.25, -0.2) is 4.79 Å². The first-order valence-electron chi connectivity index (χ1n) is 12.0. The van der Waals surface area contributed by atoms with E-state index < -0.39 is 0 Å². The van der Waals surface area contributed by atoms with E-state index in [-0.39, 0.29) is 49.5 Å². The number of amides is 2. The van der Waals surface area contributed by atoms with Gasteiger partial charge < -0.3 is 20.1 Å². The van der Waals surface area contributed by atoms with Crippen molar-refractivity contribution in [1.29, 1.82) is 0 Å². The zero-order chi connectivity index (χ0) is 24.1. The van der Waals surface area contributed by atoms with E-state index in [4.69, 9.17) is 4.74 Å². The number of anilines is 3. The maximum atomic E-state index is 12.6. The van der Waals surface area contributed by atoms with E-state index >= 15 is 0 Å². The topological polar surface area (TPSA) is 85.4 Å². The molecule has 36 heavy (non-hydrogen) atoms. The van der Waals surface area contributed by atoms with Gasteiger partial charge in [-0.05, 0) is 56.5 Å². The van der Waals surface area contributed by atoms with Gasteiger partial charge >= 0.3 is 6.09 Å². The molecule has 1 fully saturated rings. The number of benzene rings is 2. The van der Waals surface area contributed by atoms with Gasteiger partial charge in [0, 0.05) is 49.2 Å². The first-order chi connectivity index (χ1) is 16.5. The van der Waals surface area contributed by atoms with Crippen LogP contribution in [0.2, 0.25) is 0 Å². The molecule has 0 spiro atoms. The first kappa shape index (κ1) is 29.7. The second-order valence-corrected chi connectivity index (χ2v) is 8.91. The van der Waals surface area contributed by atoms with Crippen LogP contribution in [0.25, 0.3) is 0 Å². The highest BCUT2D eigenvalue weighted by Crippen LogP contribution is 2.34. The molecular weight excluding hydrogens is 503 g/mol. The number of fused-ring (bicyclic) bond motifs is 1. The number of halogens is 2. The van der Waals surface area contributed by atoms with Crippen molar-refractivity contribution in [2.45, 2.75) is 39.3 Å². The van der Waals surface area contributed by atoms with Crippen LogP contribution in [0.1, 0.15) is 30.9 Å². The maximum Gasteiger partial charge on any atom is 0.414 e. The Kier molecular flexibility index (Phi) is 11.3. The minimum absolute atomic E-state index is 0. The van der Waals surface area contributed by atoms with Crippen molar-refractivity contribution in [2.24, 2.45) is 0 Å². The summed E-state index contributed by atoms with van der Waals surface area (Å²) >= 11 is 0. The van der Waals surface area contributed by atoms with Crippen LogP contribution < -0.4 is 15.1 Å². The number of piperidine rings is 1. The summed E-state index contributed by atoms with van der Waals surface area (Å²) in [5, 5.41) is 12.2. The van der Waals surface area contributed by atoms with Crippen LogP contribution in [0, 0.1) is 6.92 Å². The van der Waals surface area contributed by atoms with Gasteiger partial charge in [0.15, 0.2) is 0 Å². The summed E-state index contributed by atoms with van der Waals surface area (Å²) in [4.78, 5) is 31.3. The fourth-order valence-corrected chi connectivity index (χ4v) is 4.90. The van der Waals surface area contributed by atoms with Crippen molar-refractivity contribution in [2.75, 3.05) is 54.4 Å². The van der Waals surface area contributed by atoms with Crippen molar-refractivity contribution in [3.8, 4) is 0 Å². The lowest BCUT2D eigenvalue weighted by molar-refractivity contribution is -0.117. The number of hydrogen-bond acceptors (Lipinski definition) is 6. The predicted molar refractivity (Wildman–Crippen MR) is 148 cm³/mol. The molecule has 0 unspecified atom stereocenters. The third kappa shape index (κ3) is 6.82. The number of aryl methyl sites for hydroxylation is 1. The molecule has 2 heterocycles. The minimum Gasteiger partial charge on any atom is -0.444 e. The highest BCUT2D eigenvalue weighted by atomic mass is 35.5. The van der Waals surface area contributed by atoms with Crippen LogP contribution in [0.3, 0.4) is 0 Å². The molecular formula is C26H36Cl2N4O4. The van der Waals surface area contributed by atoms with Gasteiger partial charge in [0.25, 0.3) is 0 Å². The average Bonchev–Trinajstić information content (AvgIpc) is 2.84. The first-order valence-corrected chi connectivity index (χ1v) is 12.0. The Morgan fingerprint density at radius 2 is 1.83 bits per heavy atom. The normalized spacial score (nSPS) is 15.8. The van der Waals surface area contributed by atoms with Crippen molar-refractivity contribution in [1.82, 2.24) is 4.90 Å². The largest absolute Gasteiger partial charge is 0.444 e. The number of carbonyl (C=O) groups excluding carboxylic acids is 2. The van der Waals surface area contributed by atoms with E-state index in [2.05, 4.69) is 15.1 Å². The Morgan fingerprint density at radius 3 is 2.47 bits per heavy atom. The number of carbonyl (C=O) groups is 2. The summed E-state index contributed by atoms with van der Waals surface area (Å²) in [7, 11) is 0. The molecule has 0 aromatic heterocycles. The van der Waals surface area contributed by atoms with Crippen LogP contribution in [0.4, 0.5) is 21.9 Å². The van der Waals surface area contributed by atoms with Gasteiger partial charge in [-0.15, -0.1) is 24.8 Å². The average molecular weight is 540 g/mol. The van der Waals surface area contributed by atoms with Gasteiger partial charge in [-0.1, -0.05) is 18.2 Å². The van der Waals surface area contributed by atoms with Gasteiger partial charge in [0.1, 0.15) is 6.61 Å². The number of aliphatic hydroxyl groups excluding tert-OH is 1. The molecule has 2 amide bonds. The quantitative estimate of drug-likeness (QED) is 0.523. The third-order valence-corrected chi connectivity index (χ3v) is 6.67. The summed E-state index contributed by atoms with van der Waals surface area (Å²) in [5.41, 5.74) is 4.89. The summed E-state index contributed by atoms with van der Waals surface area (Å²) in [6.45, 7) is 7.70. The Bertz CT molecular complexity index is 1010. The van der Waals surface area contributed by atoms with Crippen molar-refractivity contribution in [3.05, 3.63) is 53.6 Å². The lowest BCUT2D eigenvalue weighted by atomic mass is 9.99. The van der Waals surface area contributed by atoms with Crippen LogP contribution in [-0.2, 0) is 16.1 Å². The van der Waals surface area contributed by atoms with E-state index in [1.54, 1.807) is 0 Å². The molecule has 0 bridgehead atoms. The molecule has 8 nitrogen and oxygen atoms in total. The number of ether oxygens (including phenoxy) is 1. The molecule has 4 rings (SSSR count). The fourth-order valence-electron chi connectivity index (χ4n) is 4.90. The monoisotopic (exact) mass is 538 g/mol. The Balaban J connectivity index is 0.00000228. The Morgan fingerprint density at radius 1 is 1.14 bits per heavy atom. The number of nitrogens with one attached hydrogen (secondary N) is 1. The second kappa shape index (κ2) is 13.7. The summed E-state index contributed by atoms with van der Waals surface area (Å²) < 4.78 is 5.42. The van der Waals surface area contributed by atoms with Gasteiger partial charge in [0.05, 0.1) is 18.8 Å². The highest BCUT2D eigenvalue weighted by molar-refractivity contribution is 5.93. The van der Waals surface area contributed by atoms with E-state index in [9.17, 15) is 14.7 Å². The molecule has 2 aliphatic heterocycles. The number of rotatable bonds is 8. The maximum absolute atomic E-state index is 12.6. The zero-order valence-electron chi connectivity index (χ0n) is 20.8. The van der Waals surface area contributed by atoms with Gasteiger partial charge in [-0.2, -0.15) is 0 Å². The molecule has 2 aromatic carbocycles. The summed E-state index contributed by atoms with van der Waals surface area (Å²) in [5.74, 6) is -0.0486. The van der Waals surface area contributed by atoms with Crippen LogP contribution in [0.5, 0.6) is 0 Å². The van der Waals surface area contributed by atoms with Crippen LogP contribution in [-0.4, -0.2) is 67.4 Å². The van der Waals surface area contributed by atoms with Gasteiger partial charge in [-0.3, -0.25) is 14.6 Å². The number of cyclic esters (lactones) is 1. The van der Waals surface area contributed by atoms with Crippen molar-refractivity contribution < 1.29 is 19.4 Å². The zero-order valence-corrected chi connectivity index (χ0v) is 22.4. The summed E-state index contributed by atoms with van der Waals surface area (Å²) in [6, 6.07) is 13.8.